The monoisotopic (exact) mass is 211 g/mol. The van der Waals surface area contributed by atoms with E-state index in [-0.39, 0.29) is 11.5 Å². The molecule has 1 aromatic rings. The van der Waals surface area contributed by atoms with Crippen LogP contribution in [-0.4, -0.2) is 28.7 Å². The number of ether oxygens (including phenoxy) is 1. The summed E-state index contributed by atoms with van der Waals surface area (Å²) < 4.78 is 6.67. The Morgan fingerprint density at radius 3 is 2.87 bits per heavy atom. The van der Waals surface area contributed by atoms with Crippen LogP contribution in [0.25, 0.3) is 0 Å². The van der Waals surface area contributed by atoms with Crippen LogP contribution in [0.2, 0.25) is 0 Å². The van der Waals surface area contributed by atoms with Gasteiger partial charge in [0.05, 0.1) is 24.7 Å². The van der Waals surface area contributed by atoms with Crippen LogP contribution in [0, 0.1) is 0 Å². The van der Waals surface area contributed by atoms with Gasteiger partial charge in [0.15, 0.2) is 0 Å². The van der Waals surface area contributed by atoms with E-state index in [1.54, 1.807) is 17.8 Å². The zero-order chi connectivity index (χ0) is 11.5. The Balaban J connectivity index is 3.01. The van der Waals surface area contributed by atoms with Gasteiger partial charge in [0.2, 0.25) is 0 Å². The third-order valence-electron chi connectivity index (χ3n) is 2.27. The molecule has 0 bridgehead atoms. The van der Waals surface area contributed by atoms with Gasteiger partial charge < -0.3 is 15.0 Å². The Kier molecular flexibility index (Phi) is 3.47. The first-order chi connectivity index (χ1) is 7.03. The molecule has 1 rings (SSSR count). The smallest absolute Gasteiger partial charge is 0.356 e. The predicted molar refractivity (Wildman–Crippen MR) is 56.6 cm³/mol. The zero-order valence-corrected chi connectivity index (χ0v) is 9.36. The summed E-state index contributed by atoms with van der Waals surface area (Å²) in [6.07, 6.45) is 3.09. The number of hydrogen-bond acceptors (Lipinski definition) is 4. The summed E-state index contributed by atoms with van der Waals surface area (Å²) in [6, 6.07) is 0. The minimum Gasteiger partial charge on any atom is -0.461 e. The summed E-state index contributed by atoms with van der Waals surface area (Å²) in [5.41, 5.74) is 5.74. The van der Waals surface area contributed by atoms with E-state index in [2.05, 4.69) is 4.98 Å². The van der Waals surface area contributed by atoms with E-state index < -0.39 is 0 Å². The molecule has 0 spiro atoms. The van der Waals surface area contributed by atoms with E-state index in [0.29, 0.717) is 18.8 Å². The van der Waals surface area contributed by atoms with Crippen LogP contribution in [0.3, 0.4) is 0 Å². The zero-order valence-electron chi connectivity index (χ0n) is 9.36. The Morgan fingerprint density at radius 1 is 1.67 bits per heavy atom. The topological polar surface area (TPSA) is 70.1 Å². The quantitative estimate of drug-likeness (QED) is 0.746. The van der Waals surface area contributed by atoms with Gasteiger partial charge in [-0.15, -0.1) is 0 Å². The van der Waals surface area contributed by atoms with Crippen molar-refractivity contribution >= 4 is 5.97 Å². The van der Waals surface area contributed by atoms with Gasteiger partial charge in [-0.05, 0) is 20.8 Å². The molecule has 0 fully saturated rings. The van der Waals surface area contributed by atoms with Crippen LogP contribution >= 0.6 is 0 Å². The van der Waals surface area contributed by atoms with Crippen molar-refractivity contribution < 1.29 is 9.53 Å². The number of nitrogens with zero attached hydrogens (tertiary/aromatic N) is 2. The van der Waals surface area contributed by atoms with E-state index >= 15 is 0 Å². The lowest BCUT2D eigenvalue weighted by molar-refractivity contribution is 0.0506. The highest BCUT2D eigenvalue weighted by atomic mass is 16.5. The summed E-state index contributed by atoms with van der Waals surface area (Å²) in [4.78, 5) is 15.5. The van der Waals surface area contributed by atoms with Crippen LogP contribution < -0.4 is 5.73 Å². The van der Waals surface area contributed by atoms with Crippen molar-refractivity contribution in [1.29, 1.82) is 0 Å². The number of carbonyl (C=O) groups excluding carboxylic acids is 1. The van der Waals surface area contributed by atoms with Crippen LogP contribution in [0.5, 0.6) is 0 Å². The normalized spacial score (nSPS) is 11.5. The number of imidazole rings is 1. The van der Waals surface area contributed by atoms with Crippen molar-refractivity contribution in [3.8, 4) is 0 Å². The van der Waals surface area contributed by atoms with E-state index in [1.807, 2.05) is 13.8 Å². The number of aromatic nitrogens is 2. The van der Waals surface area contributed by atoms with Crippen molar-refractivity contribution in [2.75, 3.05) is 13.2 Å². The number of hydrogen-bond donors (Lipinski definition) is 1. The third kappa shape index (κ3) is 2.36. The standard InChI is InChI=1S/C10H17N3O2/c1-4-15-9(14)8-5-12-7-13(8)10(2,3)6-11/h5,7H,4,6,11H2,1-3H3. The average molecular weight is 211 g/mol. The van der Waals surface area contributed by atoms with Gasteiger partial charge in [-0.3, -0.25) is 0 Å². The van der Waals surface area contributed by atoms with Gasteiger partial charge in [-0.1, -0.05) is 0 Å². The largest absolute Gasteiger partial charge is 0.461 e. The van der Waals surface area contributed by atoms with Crippen molar-refractivity contribution in [3.63, 3.8) is 0 Å². The number of nitrogens with two attached hydrogens (primary N) is 1. The molecule has 0 unspecified atom stereocenters. The van der Waals surface area contributed by atoms with Crippen LogP contribution in [-0.2, 0) is 10.3 Å². The van der Waals surface area contributed by atoms with Gasteiger partial charge >= 0.3 is 5.97 Å². The molecule has 0 aliphatic heterocycles. The lowest BCUT2D eigenvalue weighted by atomic mass is 10.1. The second kappa shape index (κ2) is 4.44. The van der Waals surface area contributed by atoms with Gasteiger partial charge in [-0.2, -0.15) is 0 Å². The Labute approximate surface area is 89.2 Å². The van der Waals surface area contributed by atoms with Crippen molar-refractivity contribution in [2.45, 2.75) is 26.3 Å². The molecule has 5 heteroatoms. The molecule has 0 amide bonds. The van der Waals surface area contributed by atoms with Gasteiger partial charge in [0.1, 0.15) is 5.69 Å². The first-order valence-electron chi connectivity index (χ1n) is 4.93. The van der Waals surface area contributed by atoms with E-state index in [0.717, 1.165) is 0 Å². The highest BCUT2D eigenvalue weighted by molar-refractivity contribution is 5.87. The molecule has 2 N–H and O–H groups in total. The molecule has 0 aliphatic carbocycles. The van der Waals surface area contributed by atoms with Crippen molar-refractivity contribution in [2.24, 2.45) is 5.73 Å². The second-order valence-electron chi connectivity index (χ2n) is 3.89. The van der Waals surface area contributed by atoms with Crippen molar-refractivity contribution in [3.05, 3.63) is 18.2 Å². The fraction of sp³-hybridized carbons (Fsp3) is 0.600. The molecule has 5 nitrogen and oxygen atoms in total. The lowest BCUT2D eigenvalue weighted by Crippen LogP contribution is -2.36. The Hall–Kier alpha value is -1.36. The van der Waals surface area contributed by atoms with Crippen LogP contribution in [0.15, 0.2) is 12.5 Å². The maximum atomic E-state index is 11.6. The average Bonchev–Trinajstić information content (AvgIpc) is 2.67. The fourth-order valence-corrected chi connectivity index (χ4v) is 1.23. The van der Waals surface area contributed by atoms with Gasteiger partial charge in [0, 0.05) is 6.54 Å². The van der Waals surface area contributed by atoms with E-state index in [4.69, 9.17) is 10.5 Å². The molecular formula is C10H17N3O2. The maximum absolute atomic E-state index is 11.6. The van der Waals surface area contributed by atoms with E-state index in [1.165, 1.54) is 6.20 Å². The predicted octanol–water partition coefficient (Wildman–Crippen LogP) is 0.754. The van der Waals surface area contributed by atoms with Crippen LogP contribution in [0.1, 0.15) is 31.3 Å². The molecule has 0 atom stereocenters. The Bertz CT molecular complexity index is 344. The highest BCUT2D eigenvalue weighted by Crippen LogP contribution is 2.16. The van der Waals surface area contributed by atoms with Crippen LogP contribution in [0.4, 0.5) is 0 Å². The first-order valence-corrected chi connectivity index (χ1v) is 4.93. The molecule has 1 aromatic heterocycles. The second-order valence-corrected chi connectivity index (χ2v) is 3.89. The summed E-state index contributed by atoms with van der Waals surface area (Å²) in [7, 11) is 0. The SMILES string of the molecule is CCOC(=O)c1cncn1C(C)(C)CN. The molecule has 0 radical (unpaired) electrons. The van der Waals surface area contributed by atoms with Crippen molar-refractivity contribution in [1.82, 2.24) is 9.55 Å². The molecule has 0 aromatic carbocycles. The fourth-order valence-electron chi connectivity index (χ4n) is 1.23. The molecule has 0 saturated carbocycles. The van der Waals surface area contributed by atoms with E-state index in [9.17, 15) is 4.79 Å². The molecular weight excluding hydrogens is 194 g/mol. The lowest BCUT2D eigenvalue weighted by Gasteiger charge is -2.26. The summed E-state index contributed by atoms with van der Waals surface area (Å²) in [5, 5.41) is 0. The molecule has 1 heterocycles. The molecule has 0 saturated heterocycles. The number of carbonyl (C=O) groups is 1. The summed E-state index contributed by atoms with van der Waals surface area (Å²) in [5.74, 6) is -0.364. The van der Waals surface area contributed by atoms with Gasteiger partial charge in [0.25, 0.3) is 0 Å². The maximum Gasteiger partial charge on any atom is 0.356 e. The minimum atomic E-state index is -0.364. The number of esters is 1. The van der Waals surface area contributed by atoms with Gasteiger partial charge in [-0.25, -0.2) is 9.78 Å². The first kappa shape index (κ1) is 11.7. The summed E-state index contributed by atoms with van der Waals surface area (Å²) in [6.45, 7) is 6.43. The molecule has 15 heavy (non-hydrogen) atoms. The molecule has 0 aliphatic rings. The third-order valence-corrected chi connectivity index (χ3v) is 2.27. The Morgan fingerprint density at radius 2 is 2.33 bits per heavy atom. The molecule has 84 valence electrons. The highest BCUT2D eigenvalue weighted by Gasteiger charge is 2.24. The summed E-state index contributed by atoms with van der Waals surface area (Å²) >= 11 is 0. The number of rotatable bonds is 4. The minimum absolute atomic E-state index is 0.335.